The lowest BCUT2D eigenvalue weighted by molar-refractivity contribution is -0.127. The Labute approximate surface area is 111 Å². The van der Waals surface area contributed by atoms with E-state index < -0.39 is 33.6 Å². The summed E-state index contributed by atoms with van der Waals surface area (Å²) < 4.78 is 26.7. The van der Waals surface area contributed by atoms with Gasteiger partial charge in [0.25, 0.3) is 0 Å². The van der Waals surface area contributed by atoms with E-state index in [1.165, 1.54) is 6.92 Å². The first-order valence-electron chi connectivity index (χ1n) is 5.71. The summed E-state index contributed by atoms with van der Waals surface area (Å²) in [7, 11) is -3.89. The number of aliphatic hydroxyl groups is 1. The van der Waals surface area contributed by atoms with Crippen LogP contribution in [-0.4, -0.2) is 37.1 Å². The Bertz CT molecular complexity index is 561. The van der Waals surface area contributed by atoms with Gasteiger partial charge in [0.05, 0.1) is 0 Å². The van der Waals surface area contributed by atoms with Gasteiger partial charge in [-0.15, -0.1) is 0 Å². The van der Waals surface area contributed by atoms with Crippen molar-refractivity contribution >= 4 is 21.6 Å². The molecule has 1 aliphatic heterocycles. The van der Waals surface area contributed by atoms with E-state index in [9.17, 15) is 18.3 Å². The summed E-state index contributed by atoms with van der Waals surface area (Å²) in [6.45, 7) is 1.52. The molecule has 1 saturated heterocycles. The van der Waals surface area contributed by atoms with Crippen LogP contribution >= 0.6 is 0 Å². The normalized spacial score (nSPS) is 27.7. The third-order valence-corrected chi connectivity index (χ3v) is 4.59. The highest BCUT2D eigenvalue weighted by Crippen LogP contribution is 2.16. The third-order valence-electron chi connectivity index (χ3n) is 2.78. The second-order valence-electron chi connectivity index (χ2n) is 4.30. The van der Waals surface area contributed by atoms with E-state index in [0.717, 1.165) is 0 Å². The lowest BCUT2D eigenvalue weighted by atomic mass is 10.2. The molecule has 1 fully saturated rings. The van der Waals surface area contributed by atoms with Crippen molar-refractivity contribution in [3.63, 3.8) is 0 Å². The average Bonchev–Trinajstić information content (AvgIpc) is 2.27. The van der Waals surface area contributed by atoms with Crippen molar-refractivity contribution in [2.45, 2.75) is 24.6 Å². The molecule has 1 heterocycles. The quantitative estimate of drug-likeness (QED) is 0.580. The number of nitrogens with one attached hydrogen (secondary N) is 3. The summed E-state index contributed by atoms with van der Waals surface area (Å²) in [5.41, 5.74) is 0.383. The van der Waals surface area contributed by atoms with Gasteiger partial charge in [0, 0.05) is 11.7 Å². The molecule has 0 aliphatic carbocycles. The van der Waals surface area contributed by atoms with E-state index in [1.807, 2.05) is 0 Å². The Morgan fingerprint density at radius 1 is 1.26 bits per heavy atom. The molecule has 104 valence electrons. The lowest BCUT2D eigenvalue weighted by Crippen LogP contribution is -2.65. The first-order valence-corrected chi connectivity index (χ1v) is 7.26. The lowest BCUT2D eigenvalue weighted by Gasteiger charge is -2.32. The van der Waals surface area contributed by atoms with Crippen molar-refractivity contribution in [2.24, 2.45) is 0 Å². The molecule has 2 rings (SSSR count). The summed E-state index contributed by atoms with van der Waals surface area (Å²) in [5.74, 6) is -0.734. The molecule has 1 aromatic rings. The molecule has 4 N–H and O–H groups in total. The predicted octanol–water partition coefficient (Wildman–Crippen LogP) is -0.819. The highest BCUT2D eigenvalue weighted by atomic mass is 32.2. The highest BCUT2D eigenvalue weighted by Gasteiger charge is 2.42. The number of hydrogen-bond acceptors (Lipinski definition) is 5. The molecule has 0 radical (unpaired) electrons. The van der Waals surface area contributed by atoms with Crippen molar-refractivity contribution in [2.75, 3.05) is 4.72 Å². The fourth-order valence-electron chi connectivity index (χ4n) is 1.97. The van der Waals surface area contributed by atoms with E-state index in [0.29, 0.717) is 5.69 Å². The molecule has 7 nitrogen and oxygen atoms in total. The largest absolute Gasteiger partial charge is 0.361 e. The van der Waals surface area contributed by atoms with Crippen molar-refractivity contribution < 1.29 is 18.3 Å². The zero-order chi connectivity index (χ0) is 14.0. The van der Waals surface area contributed by atoms with Crippen LogP contribution < -0.4 is 15.4 Å². The van der Waals surface area contributed by atoms with Gasteiger partial charge in [-0.3, -0.25) is 14.8 Å². The Hall–Kier alpha value is -1.64. The van der Waals surface area contributed by atoms with E-state index in [1.54, 1.807) is 30.3 Å². The summed E-state index contributed by atoms with van der Waals surface area (Å²) in [5, 5.41) is 12.6. The zero-order valence-corrected chi connectivity index (χ0v) is 11.0. The molecule has 8 heteroatoms. The minimum Gasteiger partial charge on any atom is -0.361 e. The molecular weight excluding hydrogens is 270 g/mol. The highest BCUT2D eigenvalue weighted by molar-refractivity contribution is 7.94. The fourth-order valence-corrected chi connectivity index (χ4v) is 3.52. The Kier molecular flexibility index (Phi) is 3.74. The standard InChI is InChI=1S/C11H15N3O4S/c1-7-9(10(15)13-11(16)12-7)19(17,18)14-8-5-3-2-4-6-8/h2-7,9,11-12,14,16H,1H3,(H,13,15). The molecule has 0 saturated carbocycles. The van der Waals surface area contributed by atoms with Gasteiger partial charge in [-0.2, -0.15) is 0 Å². The Balaban J connectivity index is 2.22. The molecule has 0 spiro atoms. The maximum absolute atomic E-state index is 12.2. The van der Waals surface area contributed by atoms with E-state index >= 15 is 0 Å². The second kappa shape index (κ2) is 5.16. The number of sulfonamides is 1. The van der Waals surface area contributed by atoms with Crippen LogP contribution in [0.25, 0.3) is 0 Å². The van der Waals surface area contributed by atoms with Gasteiger partial charge >= 0.3 is 0 Å². The summed E-state index contributed by atoms with van der Waals surface area (Å²) in [4.78, 5) is 11.7. The van der Waals surface area contributed by atoms with E-state index in [-0.39, 0.29) is 0 Å². The first-order chi connectivity index (χ1) is 8.90. The summed E-state index contributed by atoms with van der Waals surface area (Å²) in [6.07, 6.45) is -1.23. The van der Waals surface area contributed by atoms with E-state index in [2.05, 4.69) is 15.4 Å². The summed E-state index contributed by atoms with van der Waals surface area (Å²) >= 11 is 0. The molecule has 3 atom stereocenters. The van der Waals surface area contributed by atoms with Crippen molar-refractivity contribution in [3.05, 3.63) is 30.3 Å². The number of amides is 1. The van der Waals surface area contributed by atoms with Crippen LogP contribution in [-0.2, 0) is 14.8 Å². The second-order valence-corrected chi connectivity index (χ2v) is 6.10. The molecular formula is C11H15N3O4S. The number of aliphatic hydroxyl groups excluding tert-OH is 1. The van der Waals surface area contributed by atoms with Gasteiger partial charge in [0.2, 0.25) is 15.9 Å². The monoisotopic (exact) mass is 285 g/mol. The minimum atomic E-state index is -3.89. The molecule has 1 aromatic carbocycles. The number of anilines is 1. The molecule has 19 heavy (non-hydrogen) atoms. The number of para-hydroxylation sites is 1. The van der Waals surface area contributed by atoms with Crippen LogP contribution in [0.2, 0.25) is 0 Å². The first kappa shape index (κ1) is 13.8. The smallest absolute Gasteiger partial charge is 0.246 e. The van der Waals surface area contributed by atoms with Crippen LogP contribution in [0.1, 0.15) is 6.92 Å². The van der Waals surface area contributed by atoms with Crippen LogP contribution in [0.4, 0.5) is 5.69 Å². The molecule has 3 unspecified atom stereocenters. The number of rotatable bonds is 3. The molecule has 1 aliphatic rings. The van der Waals surface area contributed by atoms with Crippen LogP contribution in [0.15, 0.2) is 30.3 Å². The maximum Gasteiger partial charge on any atom is 0.246 e. The van der Waals surface area contributed by atoms with Gasteiger partial charge in [0.1, 0.15) is 0 Å². The maximum atomic E-state index is 12.2. The predicted molar refractivity (Wildman–Crippen MR) is 69.5 cm³/mol. The third kappa shape index (κ3) is 3.03. The SMILES string of the molecule is CC1NC(O)NC(=O)C1S(=O)(=O)Nc1ccccc1. The number of carbonyl (C=O) groups is 1. The van der Waals surface area contributed by atoms with Crippen LogP contribution in [0.5, 0.6) is 0 Å². The van der Waals surface area contributed by atoms with Crippen molar-refractivity contribution in [3.8, 4) is 0 Å². The molecule has 0 aromatic heterocycles. The van der Waals surface area contributed by atoms with Crippen molar-refractivity contribution in [1.29, 1.82) is 0 Å². The van der Waals surface area contributed by atoms with Gasteiger partial charge in [-0.25, -0.2) is 8.42 Å². The Morgan fingerprint density at radius 3 is 2.47 bits per heavy atom. The molecule has 0 bridgehead atoms. The number of benzene rings is 1. The van der Waals surface area contributed by atoms with E-state index in [4.69, 9.17) is 0 Å². The van der Waals surface area contributed by atoms with Gasteiger partial charge in [-0.05, 0) is 19.1 Å². The number of carbonyl (C=O) groups excluding carboxylic acids is 1. The Morgan fingerprint density at radius 2 is 1.89 bits per heavy atom. The van der Waals surface area contributed by atoms with Crippen molar-refractivity contribution in [1.82, 2.24) is 10.6 Å². The van der Waals surface area contributed by atoms with Gasteiger partial charge in [0.15, 0.2) is 11.6 Å². The zero-order valence-electron chi connectivity index (χ0n) is 10.2. The van der Waals surface area contributed by atoms with Crippen LogP contribution in [0, 0.1) is 0 Å². The fraction of sp³-hybridized carbons (Fsp3) is 0.364. The van der Waals surface area contributed by atoms with Crippen LogP contribution in [0.3, 0.4) is 0 Å². The minimum absolute atomic E-state index is 0.383. The van der Waals surface area contributed by atoms with Gasteiger partial charge < -0.3 is 10.4 Å². The average molecular weight is 285 g/mol. The summed E-state index contributed by atoms with van der Waals surface area (Å²) in [6, 6.07) is 7.60. The molecule has 1 amide bonds. The van der Waals surface area contributed by atoms with Gasteiger partial charge in [-0.1, -0.05) is 18.2 Å². The number of hydrogen-bond donors (Lipinski definition) is 4. The topological polar surface area (TPSA) is 108 Å².